The molecule has 2 heteroatoms. The van der Waals surface area contributed by atoms with E-state index in [0.29, 0.717) is 0 Å². The van der Waals surface area contributed by atoms with E-state index in [4.69, 9.17) is 5.73 Å². The third-order valence-corrected chi connectivity index (χ3v) is 5.12. The molecule has 0 aromatic heterocycles. The first-order chi connectivity index (χ1) is 12.6. The molecule has 3 N–H and O–H groups in total. The van der Waals surface area contributed by atoms with Crippen LogP contribution in [-0.2, 0) is 12.8 Å². The van der Waals surface area contributed by atoms with E-state index in [2.05, 4.69) is 72.9 Å². The fourth-order valence-corrected chi connectivity index (χ4v) is 3.80. The molecule has 0 saturated heterocycles. The summed E-state index contributed by atoms with van der Waals surface area (Å²) >= 11 is 0. The first kappa shape index (κ1) is 16.5. The zero-order valence-corrected chi connectivity index (χ0v) is 15.3. The molecule has 0 bridgehead atoms. The second kappa shape index (κ2) is 6.72. The van der Waals surface area contributed by atoms with Gasteiger partial charge in [-0.15, -0.1) is 0 Å². The summed E-state index contributed by atoms with van der Waals surface area (Å²) in [6.45, 7) is 2.16. The highest BCUT2D eigenvalue weighted by atomic mass is 14.8. The SMILES string of the molecule is CNc1cccc(/C=C2\c3ccc(C)cc3CCc3cc(N)ccc32)c1. The number of fused-ring (bicyclic) bond motifs is 2. The number of nitrogens with two attached hydrogens (primary N) is 1. The molecule has 0 amide bonds. The number of anilines is 2. The van der Waals surface area contributed by atoms with E-state index in [1.54, 1.807) is 0 Å². The van der Waals surface area contributed by atoms with Crippen molar-refractivity contribution in [1.29, 1.82) is 0 Å². The van der Waals surface area contributed by atoms with Crippen molar-refractivity contribution in [1.82, 2.24) is 0 Å². The normalized spacial score (nSPS) is 14.5. The molecule has 26 heavy (non-hydrogen) atoms. The minimum atomic E-state index is 0.836. The van der Waals surface area contributed by atoms with Gasteiger partial charge in [0.05, 0.1) is 0 Å². The van der Waals surface area contributed by atoms with Crippen LogP contribution in [0.2, 0.25) is 0 Å². The summed E-state index contributed by atoms with van der Waals surface area (Å²) in [6, 6.07) is 21.6. The van der Waals surface area contributed by atoms with Gasteiger partial charge in [-0.05, 0) is 83.5 Å². The van der Waals surface area contributed by atoms with Gasteiger partial charge in [0.25, 0.3) is 0 Å². The van der Waals surface area contributed by atoms with E-state index in [1.165, 1.54) is 39.0 Å². The number of rotatable bonds is 2. The maximum absolute atomic E-state index is 6.07. The summed E-state index contributed by atoms with van der Waals surface area (Å²) in [5.74, 6) is 0. The number of nitrogens with one attached hydrogen (secondary N) is 1. The Labute approximate surface area is 155 Å². The first-order valence-electron chi connectivity index (χ1n) is 9.12. The van der Waals surface area contributed by atoms with Crippen LogP contribution in [0.25, 0.3) is 11.6 Å². The lowest BCUT2D eigenvalue weighted by atomic mass is 9.91. The van der Waals surface area contributed by atoms with Gasteiger partial charge in [0, 0.05) is 18.4 Å². The second-order valence-corrected chi connectivity index (χ2v) is 7.01. The van der Waals surface area contributed by atoms with Crippen molar-refractivity contribution in [3.8, 4) is 0 Å². The fourth-order valence-electron chi connectivity index (χ4n) is 3.80. The molecular weight excluding hydrogens is 316 g/mol. The fraction of sp³-hybridized carbons (Fsp3) is 0.167. The Bertz CT molecular complexity index is 943. The highest BCUT2D eigenvalue weighted by Crippen LogP contribution is 2.36. The van der Waals surface area contributed by atoms with Crippen molar-refractivity contribution in [3.63, 3.8) is 0 Å². The molecule has 0 spiro atoms. The molecule has 0 fully saturated rings. The van der Waals surface area contributed by atoms with Crippen LogP contribution in [0.3, 0.4) is 0 Å². The molecule has 4 rings (SSSR count). The van der Waals surface area contributed by atoms with Crippen LogP contribution >= 0.6 is 0 Å². The molecule has 3 aromatic rings. The van der Waals surface area contributed by atoms with E-state index in [-0.39, 0.29) is 0 Å². The zero-order valence-electron chi connectivity index (χ0n) is 15.3. The number of nitrogen functional groups attached to an aromatic ring is 1. The second-order valence-electron chi connectivity index (χ2n) is 7.01. The number of benzene rings is 3. The summed E-state index contributed by atoms with van der Waals surface area (Å²) in [7, 11) is 1.95. The summed E-state index contributed by atoms with van der Waals surface area (Å²) in [4.78, 5) is 0. The standard InChI is InChI=1S/C24H24N2/c1-16-6-10-22-18(12-16)7-8-19-15-20(25)9-11-23(19)24(22)14-17-4-3-5-21(13-17)26-2/h3-6,9-15,26H,7-8,25H2,1-2H3/b24-14+. The van der Waals surface area contributed by atoms with Crippen LogP contribution in [0, 0.1) is 6.92 Å². The average molecular weight is 340 g/mol. The molecule has 2 nitrogen and oxygen atoms in total. The van der Waals surface area contributed by atoms with Crippen LogP contribution in [0.15, 0.2) is 60.7 Å². The Morgan fingerprint density at radius 1 is 0.885 bits per heavy atom. The minimum absolute atomic E-state index is 0.836. The van der Waals surface area contributed by atoms with Gasteiger partial charge in [0.1, 0.15) is 0 Å². The lowest BCUT2D eigenvalue weighted by molar-refractivity contribution is 0.963. The van der Waals surface area contributed by atoms with Crippen molar-refractivity contribution in [2.24, 2.45) is 0 Å². The zero-order chi connectivity index (χ0) is 18.1. The predicted octanol–water partition coefficient (Wildman–Crippen LogP) is 5.31. The Hall–Kier alpha value is -3.00. The number of hydrogen-bond donors (Lipinski definition) is 2. The van der Waals surface area contributed by atoms with Gasteiger partial charge < -0.3 is 11.1 Å². The third-order valence-electron chi connectivity index (χ3n) is 5.12. The Balaban J connectivity index is 1.95. The maximum Gasteiger partial charge on any atom is 0.0343 e. The van der Waals surface area contributed by atoms with Gasteiger partial charge >= 0.3 is 0 Å². The van der Waals surface area contributed by atoms with Gasteiger partial charge in [-0.1, -0.05) is 42.0 Å². The molecule has 0 unspecified atom stereocenters. The van der Waals surface area contributed by atoms with E-state index in [1.807, 2.05) is 13.1 Å². The molecule has 0 aliphatic heterocycles. The molecule has 130 valence electrons. The van der Waals surface area contributed by atoms with Crippen molar-refractivity contribution >= 4 is 23.0 Å². The van der Waals surface area contributed by atoms with Gasteiger partial charge in [0.15, 0.2) is 0 Å². The van der Waals surface area contributed by atoms with Crippen molar-refractivity contribution in [3.05, 3.63) is 94.0 Å². The van der Waals surface area contributed by atoms with Crippen molar-refractivity contribution in [2.45, 2.75) is 19.8 Å². The van der Waals surface area contributed by atoms with E-state index >= 15 is 0 Å². The molecule has 0 saturated carbocycles. The lowest BCUT2D eigenvalue weighted by Crippen LogP contribution is -1.95. The van der Waals surface area contributed by atoms with Gasteiger partial charge in [-0.2, -0.15) is 0 Å². The van der Waals surface area contributed by atoms with Gasteiger partial charge in [-0.25, -0.2) is 0 Å². The maximum atomic E-state index is 6.07. The smallest absolute Gasteiger partial charge is 0.0343 e. The Morgan fingerprint density at radius 3 is 2.38 bits per heavy atom. The van der Waals surface area contributed by atoms with E-state index < -0.39 is 0 Å². The average Bonchev–Trinajstić information content (AvgIpc) is 2.79. The topological polar surface area (TPSA) is 38.0 Å². The number of hydrogen-bond acceptors (Lipinski definition) is 2. The third kappa shape index (κ3) is 3.11. The predicted molar refractivity (Wildman–Crippen MR) is 112 cm³/mol. The summed E-state index contributed by atoms with van der Waals surface area (Å²) in [6.07, 6.45) is 4.36. The van der Waals surface area contributed by atoms with Crippen LogP contribution in [-0.4, -0.2) is 7.05 Å². The van der Waals surface area contributed by atoms with Crippen LogP contribution in [0.4, 0.5) is 11.4 Å². The Kier molecular flexibility index (Phi) is 4.26. The van der Waals surface area contributed by atoms with E-state index in [9.17, 15) is 0 Å². The molecular formula is C24H24N2. The van der Waals surface area contributed by atoms with Gasteiger partial charge in [0.2, 0.25) is 0 Å². The summed E-state index contributed by atoms with van der Waals surface area (Å²) < 4.78 is 0. The number of aryl methyl sites for hydroxylation is 3. The van der Waals surface area contributed by atoms with Gasteiger partial charge in [-0.3, -0.25) is 0 Å². The molecule has 0 heterocycles. The first-order valence-corrected chi connectivity index (χ1v) is 9.12. The summed E-state index contributed by atoms with van der Waals surface area (Å²) in [5.41, 5.74) is 17.2. The largest absolute Gasteiger partial charge is 0.399 e. The molecule has 0 atom stereocenters. The molecule has 1 aliphatic carbocycles. The monoisotopic (exact) mass is 340 g/mol. The highest BCUT2D eigenvalue weighted by Gasteiger charge is 2.18. The van der Waals surface area contributed by atoms with Crippen LogP contribution in [0.1, 0.15) is 33.4 Å². The van der Waals surface area contributed by atoms with Crippen molar-refractivity contribution < 1.29 is 0 Å². The summed E-state index contributed by atoms with van der Waals surface area (Å²) in [5, 5.41) is 3.22. The molecule has 0 radical (unpaired) electrons. The highest BCUT2D eigenvalue weighted by molar-refractivity contribution is 5.94. The molecule has 1 aliphatic rings. The van der Waals surface area contributed by atoms with Crippen LogP contribution in [0.5, 0.6) is 0 Å². The van der Waals surface area contributed by atoms with Crippen molar-refractivity contribution in [2.75, 3.05) is 18.1 Å². The Morgan fingerprint density at radius 2 is 1.62 bits per heavy atom. The lowest BCUT2D eigenvalue weighted by Gasteiger charge is -2.13. The quantitative estimate of drug-likeness (QED) is 0.621. The van der Waals surface area contributed by atoms with E-state index in [0.717, 1.165) is 24.2 Å². The minimum Gasteiger partial charge on any atom is -0.399 e. The van der Waals surface area contributed by atoms with Crippen LogP contribution < -0.4 is 11.1 Å². The molecule has 3 aromatic carbocycles.